The molecule has 24 heavy (non-hydrogen) atoms. The molecule has 0 unspecified atom stereocenters. The van der Waals surface area contributed by atoms with Crippen LogP contribution in [0.15, 0.2) is 35.5 Å². The molecular formula is C18H19N3OS2. The Bertz CT molecular complexity index is 890. The molecule has 0 amide bonds. The molecule has 0 atom stereocenters. The molecule has 0 saturated carbocycles. The van der Waals surface area contributed by atoms with Crippen LogP contribution < -0.4 is 5.73 Å². The van der Waals surface area contributed by atoms with Crippen molar-refractivity contribution in [2.75, 3.05) is 5.73 Å². The number of ether oxygens (including phenoxy) is 1. The summed E-state index contributed by atoms with van der Waals surface area (Å²) < 4.78 is 5.91. The minimum Gasteiger partial charge on any atom is -0.383 e. The molecule has 0 fully saturated rings. The largest absolute Gasteiger partial charge is 0.383 e. The fraction of sp³-hybridized carbons (Fsp3) is 0.333. The monoisotopic (exact) mass is 357 g/mol. The predicted molar refractivity (Wildman–Crippen MR) is 100 cm³/mol. The quantitative estimate of drug-likeness (QED) is 0.555. The number of fused-ring (bicyclic) bond motifs is 3. The Kier molecular flexibility index (Phi) is 3.98. The first-order valence-corrected chi connectivity index (χ1v) is 9.70. The van der Waals surface area contributed by atoms with Crippen LogP contribution in [0, 0.1) is 0 Å². The smallest absolute Gasteiger partial charge is 0.191 e. The van der Waals surface area contributed by atoms with Gasteiger partial charge >= 0.3 is 0 Å². The van der Waals surface area contributed by atoms with Gasteiger partial charge in [0.05, 0.1) is 17.6 Å². The Hall–Kier alpha value is -1.63. The van der Waals surface area contributed by atoms with E-state index in [9.17, 15) is 0 Å². The molecule has 124 valence electrons. The number of nitrogens with zero attached hydrogens (tertiary/aromatic N) is 2. The van der Waals surface area contributed by atoms with Crippen LogP contribution in [-0.2, 0) is 23.5 Å². The number of hydrogen-bond acceptors (Lipinski definition) is 6. The molecule has 0 bridgehead atoms. The van der Waals surface area contributed by atoms with Crippen molar-refractivity contribution < 1.29 is 4.74 Å². The third kappa shape index (κ3) is 3.01. The van der Waals surface area contributed by atoms with Crippen molar-refractivity contribution >= 4 is 39.1 Å². The van der Waals surface area contributed by atoms with Crippen molar-refractivity contribution in [1.29, 1.82) is 0 Å². The summed E-state index contributed by atoms with van der Waals surface area (Å²) in [6.45, 7) is 4.86. The Morgan fingerprint density at radius 2 is 2.04 bits per heavy atom. The molecule has 4 rings (SSSR count). The highest BCUT2D eigenvalue weighted by atomic mass is 32.2. The highest BCUT2D eigenvalue weighted by Crippen LogP contribution is 2.40. The van der Waals surface area contributed by atoms with Gasteiger partial charge < -0.3 is 10.5 Å². The van der Waals surface area contributed by atoms with Gasteiger partial charge in [0.25, 0.3) is 0 Å². The summed E-state index contributed by atoms with van der Waals surface area (Å²) in [5.41, 5.74) is 8.65. The van der Waals surface area contributed by atoms with Crippen LogP contribution in [0.4, 0.5) is 5.82 Å². The summed E-state index contributed by atoms with van der Waals surface area (Å²) in [6.07, 6.45) is 0.854. The first-order chi connectivity index (χ1) is 11.5. The van der Waals surface area contributed by atoms with Crippen LogP contribution in [0.2, 0.25) is 0 Å². The molecule has 0 aliphatic carbocycles. The standard InChI is InChI=1S/C18H19N3OS2/c1-18(2)8-12-13(9-22-18)24-16-14(12)15(19)20-17(21-16)23-10-11-6-4-3-5-7-11/h3-7H,8-10H2,1-2H3,(H2,19,20,21). The summed E-state index contributed by atoms with van der Waals surface area (Å²) >= 11 is 3.30. The van der Waals surface area contributed by atoms with Gasteiger partial charge in [0.1, 0.15) is 10.6 Å². The number of thioether (sulfide) groups is 1. The fourth-order valence-corrected chi connectivity index (χ4v) is 4.91. The van der Waals surface area contributed by atoms with Gasteiger partial charge in [-0.15, -0.1) is 11.3 Å². The van der Waals surface area contributed by atoms with Crippen molar-refractivity contribution in [3.63, 3.8) is 0 Å². The van der Waals surface area contributed by atoms with E-state index < -0.39 is 0 Å². The summed E-state index contributed by atoms with van der Waals surface area (Å²) in [5.74, 6) is 1.43. The molecule has 0 radical (unpaired) electrons. The van der Waals surface area contributed by atoms with Gasteiger partial charge in [-0.3, -0.25) is 0 Å². The van der Waals surface area contributed by atoms with Crippen LogP contribution in [0.5, 0.6) is 0 Å². The number of anilines is 1. The number of thiophene rings is 1. The van der Waals surface area contributed by atoms with Crippen LogP contribution >= 0.6 is 23.1 Å². The molecule has 4 nitrogen and oxygen atoms in total. The van der Waals surface area contributed by atoms with E-state index in [-0.39, 0.29) is 5.60 Å². The molecule has 1 aliphatic heterocycles. The number of aromatic nitrogens is 2. The average Bonchev–Trinajstić information content (AvgIpc) is 2.91. The van der Waals surface area contributed by atoms with Gasteiger partial charge in [0.15, 0.2) is 5.16 Å². The van der Waals surface area contributed by atoms with Gasteiger partial charge in [0.2, 0.25) is 0 Å². The molecule has 3 heterocycles. The van der Waals surface area contributed by atoms with Crippen molar-refractivity contribution in [2.45, 2.75) is 43.4 Å². The summed E-state index contributed by atoms with van der Waals surface area (Å²) in [6, 6.07) is 10.3. The lowest BCUT2D eigenvalue weighted by molar-refractivity contribution is -0.0379. The maximum absolute atomic E-state index is 6.28. The normalized spacial score (nSPS) is 16.2. The Morgan fingerprint density at radius 3 is 2.83 bits per heavy atom. The number of benzene rings is 1. The minimum absolute atomic E-state index is 0.159. The molecule has 1 aliphatic rings. The average molecular weight is 358 g/mol. The van der Waals surface area contributed by atoms with Gasteiger partial charge in [0, 0.05) is 17.1 Å². The van der Waals surface area contributed by atoms with Crippen molar-refractivity contribution in [3.05, 3.63) is 46.3 Å². The van der Waals surface area contributed by atoms with Gasteiger partial charge in [-0.25, -0.2) is 9.97 Å². The Morgan fingerprint density at radius 1 is 1.25 bits per heavy atom. The topological polar surface area (TPSA) is 61.0 Å². The summed E-state index contributed by atoms with van der Waals surface area (Å²) in [4.78, 5) is 11.5. The number of nitrogens with two attached hydrogens (primary N) is 1. The maximum Gasteiger partial charge on any atom is 0.191 e. The maximum atomic E-state index is 6.28. The van der Waals surface area contributed by atoms with E-state index in [1.807, 2.05) is 18.2 Å². The molecule has 1 aromatic carbocycles. The van der Waals surface area contributed by atoms with Gasteiger partial charge in [-0.05, 0) is 25.0 Å². The van der Waals surface area contributed by atoms with E-state index in [0.717, 1.165) is 27.5 Å². The lowest BCUT2D eigenvalue weighted by Gasteiger charge is -2.30. The zero-order chi connectivity index (χ0) is 16.7. The Labute approximate surface area is 149 Å². The second kappa shape index (κ2) is 6.02. The van der Waals surface area contributed by atoms with Crippen LogP contribution in [0.1, 0.15) is 29.9 Å². The van der Waals surface area contributed by atoms with Gasteiger partial charge in [-0.1, -0.05) is 42.1 Å². The van der Waals surface area contributed by atoms with Crippen molar-refractivity contribution in [3.8, 4) is 0 Å². The number of hydrogen-bond donors (Lipinski definition) is 1. The summed E-state index contributed by atoms with van der Waals surface area (Å²) in [5, 5.41) is 1.76. The van der Waals surface area contributed by atoms with E-state index >= 15 is 0 Å². The third-order valence-electron chi connectivity index (χ3n) is 4.15. The lowest BCUT2D eigenvalue weighted by atomic mass is 9.94. The molecule has 6 heteroatoms. The number of nitrogen functional groups attached to an aromatic ring is 1. The Balaban J connectivity index is 1.66. The van der Waals surface area contributed by atoms with E-state index in [2.05, 4.69) is 31.0 Å². The van der Waals surface area contributed by atoms with E-state index in [1.165, 1.54) is 16.0 Å². The molecule has 2 N–H and O–H groups in total. The third-order valence-corrected chi connectivity index (χ3v) is 6.17. The molecular weight excluding hydrogens is 338 g/mol. The molecule has 3 aromatic rings. The number of rotatable bonds is 3. The highest BCUT2D eigenvalue weighted by Gasteiger charge is 2.30. The second-order valence-electron chi connectivity index (χ2n) is 6.57. The van der Waals surface area contributed by atoms with E-state index in [1.54, 1.807) is 23.1 Å². The van der Waals surface area contributed by atoms with E-state index in [4.69, 9.17) is 15.5 Å². The predicted octanol–water partition coefficient (Wildman–Crippen LogP) is 4.42. The summed E-state index contributed by atoms with van der Waals surface area (Å²) in [7, 11) is 0. The first kappa shape index (κ1) is 15.9. The van der Waals surface area contributed by atoms with Crippen molar-refractivity contribution in [1.82, 2.24) is 9.97 Å². The van der Waals surface area contributed by atoms with Gasteiger partial charge in [-0.2, -0.15) is 0 Å². The molecule has 0 saturated heterocycles. The highest BCUT2D eigenvalue weighted by molar-refractivity contribution is 7.98. The zero-order valence-electron chi connectivity index (χ0n) is 13.7. The second-order valence-corrected chi connectivity index (χ2v) is 8.60. The molecule has 2 aromatic heterocycles. The first-order valence-electron chi connectivity index (χ1n) is 7.90. The van der Waals surface area contributed by atoms with Crippen molar-refractivity contribution in [2.24, 2.45) is 0 Å². The lowest BCUT2D eigenvalue weighted by Crippen LogP contribution is -2.31. The minimum atomic E-state index is -0.159. The van der Waals surface area contributed by atoms with E-state index in [0.29, 0.717) is 12.4 Å². The van der Waals surface area contributed by atoms with Crippen LogP contribution in [-0.4, -0.2) is 15.6 Å². The SMILES string of the molecule is CC1(C)Cc2c(sc3nc(SCc4ccccc4)nc(N)c23)CO1. The van der Waals surface area contributed by atoms with Crippen LogP contribution in [0.25, 0.3) is 10.2 Å². The fourth-order valence-electron chi connectivity index (χ4n) is 2.94. The zero-order valence-corrected chi connectivity index (χ0v) is 15.3. The van der Waals surface area contributed by atoms with Crippen LogP contribution in [0.3, 0.4) is 0 Å². The molecule has 0 spiro atoms.